The minimum atomic E-state index is -4.09. The smallest absolute Gasteiger partial charge is 0.341 e. The summed E-state index contributed by atoms with van der Waals surface area (Å²) in [5, 5.41) is 0.397. The third-order valence-corrected chi connectivity index (χ3v) is 7.44. The molecule has 0 radical (unpaired) electrons. The molecule has 0 spiro atoms. The van der Waals surface area contributed by atoms with Crippen molar-refractivity contribution in [1.82, 2.24) is 4.57 Å². The number of benzene rings is 1. The number of carbonyl (C=O) groups excluding carboxylic acids is 1. The van der Waals surface area contributed by atoms with Crippen LogP contribution in [0.1, 0.15) is 42.0 Å². The number of halogens is 1. The Hall–Kier alpha value is -2.19. The van der Waals surface area contributed by atoms with Crippen molar-refractivity contribution in [2.75, 3.05) is 17.5 Å². The van der Waals surface area contributed by atoms with Crippen LogP contribution < -0.4 is 9.04 Å². The number of hydrogen-bond donors (Lipinski definition) is 0. The van der Waals surface area contributed by atoms with Crippen LogP contribution in [0.25, 0.3) is 0 Å². The minimum absolute atomic E-state index is 0.0429. The Kier molecular flexibility index (Phi) is 5.87. The van der Waals surface area contributed by atoms with Gasteiger partial charge in [0.05, 0.1) is 18.8 Å². The fourth-order valence-corrected chi connectivity index (χ4v) is 5.66. The Morgan fingerprint density at radius 1 is 1.28 bits per heavy atom. The Balaban J connectivity index is 2.24. The predicted molar refractivity (Wildman–Crippen MR) is 112 cm³/mol. The van der Waals surface area contributed by atoms with E-state index in [1.807, 2.05) is 6.92 Å². The maximum Gasteiger partial charge on any atom is 0.341 e. The molecule has 1 atom stereocenters. The second kappa shape index (κ2) is 7.91. The van der Waals surface area contributed by atoms with Crippen molar-refractivity contribution >= 4 is 33.3 Å². The molecule has 1 aromatic carbocycles. The van der Waals surface area contributed by atoms with Crippen LogP contribution in [0.3, 0.4) is 0 Å². The highest BCUT2D eigenvalue weighted by atomic mass is 35.5. The molecule has 2 heterocycles. The molecule has 9 heteroatoms. The van der Waals surface area contributed by atoms with E-state index in [0.29, 0.717) is 34.3 Å². The third-order valence-electron chi connectivity index (χ3n) is 5.26. The van der Waals surface area contributed by atoms with Crippen LogP contribution in [-0.2, 0) is 21.8 Å². The molecule has 158 valence electrons. The fourth-order valence-electron chi connectivity index (χ4n) is 3.51. The zero-order chi connectivity index (χ0) is 21.5. The number of ether oxygens (including phenoxy) is 2. The number of carbonyl (C=O) groups is 1. The standard InChI is InChI=1S/C20H25ClN2O5S/c1-6-15-11-23(16-10-14(21)8-9-17(16)28-15)29(25,26)19-13(4)22(5)12(3)18(19)20(24)27-7-2/h8-10,15H,6-7,11H2,1-5H3/t15-/m0/s1. The highest BCUT2D eigenvalue weighted by Gasteiger charge is 2.39. The van der Waals surface area contributed by atoms with E-state index in [0.717, 1.165) is 0 Å². The van der Waals surface area contributed by atoms with Crippen molar-refractivity contribution in [3.63, 3.8) is 0 Å². The van der Waals surface area contributed by atoms with Crippen molar-refractivity contribution in [2.45, 2.75) is 45.1 Å². The summed E-state index contributed by atoms with van der Waals surface area (Å²) in [4.78, 5) is 12.6. The monoisotopic (exact) mass is 440 g/mol. The van der Waals surface area contributed by atoms with Crippen LogP contribution in [0.5, 0.6) is 5.75 Å². The summed E-state index contributed by atoms with van der Waals surface area (Å²) in [6.45, 7) is 7.28. The molecular formula is C20H25ClN2O5S. The van der Waals surface area contributed by atoms with Crippen molar-refractivity contribution < 1.29 is 22.7 Å². The first-order valence-electron chi connectivity index (χ1n) is 9.45. The van der Waals surface area contributed by atoms with Gasteiger partial charge in [0.15, 0.2) is 0 Å². The van der Waals surface area contributed by atoms with Crippen molar-refractivity contribution in [2.24, 2.45) is 7.05 Å². The number of esters is 1. The first-order chi connectivity index (χ1) is 13.6. The van der Waals surface area contributed by atoms with Gasteiger partial charge in [-0.25, -0.2) is 13.2 Å². The number of hydrogen-bond acceptors (Lipinski definition) is 5. The summed E-state index contributed by atoms with van der Waals surface area (Å²) in [7, 11) is -2.36. The molecule has 0 saturated heterocycles. The van der Waals surface area contributed by atoms with Gasteiger partial charge in [-0.1, -0.05) is 18.5 Å². The third kappa shape index (κ3) is 3.59. The summed E-state index contributed by atoms with van der Waals surface area (Å²) >= 11 is 6.14. The number of fused-ring (bicyclic) bond motifs is 1. The highest BCUT2D eigenvalue weighted by molar-refractivity contribution is 7.93. The van der Waals surface area contributed by atoms with Crippen molar-refractivity contribution in [3.05, 3.63) is 40.2 Å². The molecule has 7 nitrogen and oxygen atoms in total. The van der Waals surface area contributed by atoms with E-state index in [1.54, 1.807) is 50.6 Å². The second-order valence-electron chi connectivity index (χ2n) is 6.95. The molecule has 1 aliphatic rings. The van der Waals surface area contributed by atoms with Gasteiger partial charge in [0, 0.05) is 23.5 Å². The largest absolute Gasteiger partial charge is 0.486 e. The molecule has 2 aromatic rings. The number of rotatable bonds is 5. The second-order valence-corrected chi connectivity index (χ2v) is 9.19. The number of aromatic nitrogens is 1. The van der Waals surface area contributed by atoms with Crippen molar-refractivity contribution in [1.29, 1.82) is 0 Å². The summed E-state index contributed by atoms with van der Waals surface area (Å²) in [6.07, 6.45) is 0.320. The van der Waals surface area contributed by atoms with Crippen LogP contribution in [-0.4, -0.2) is 38.2 Å². The van der Waals surface area contributed by atoms with E-state index >= 15 is 0 Å². The van der Waals surface area contributed by atoms with Gasteiger partial charge in [-0.3, -0.25) is 4.31 Å². The molecule has 0 amide bonds. The van der Waals surface area contributed by atoms with Gasteiger partial charge in [-0.2, -0.15) is 0 Å². The topological polar surface area (TPSA) is 77.8 Å². The van der Waals surface area contributed by atoms with Crippen LogP contribution in [0.15, 0.2) is 23.1 Å². The van der Waals surface area contributed by atoms with Crippen LogP contribution in [0.2, 0.25) is 5.02 Å². The number of anilines is 1. The lowest BCUT2D eigenvalue weighted by Gasteiger charge is -2.35. The molecule has 0 saturated carbocycles. The molecule has 29 heavy (non-hydrogen) atoms. The van der Waals surface area contributed by atoms with E-state index in [2.05, 4.69) is 0 Å². The van der Waals surface area contributed by atoms with Crippen molar-refractivity contribution in [3.8, 4) is 5.75 Å². The molecule has 0 unspecified atom stereocenters. The normalized spacial score (nSPS) is 16.3. The van der Waals surface area contributed by atoms with E-state index < -0.39 is 16.0 Å². The average Bonchev–Trinajstić information content (AvgIpc) is 2.91. The highest BCUT2D eigenvalue weighted by Crippen LogP contribution is 2.41. The molecular weight excluding hydrogens is 416 g/mol. The van der Waals surface area contributed by atoms with E-state index in [1.165, 1.54) is 4.31 Å². The average molecular weight is 441 g/mol. The molecule has 0 fully saturated rings. The summed E-state index contributed by atoms with van der Waals surface area (Å²) < 4.78 is 41.7. The molecule has 0 N–H and O–H groups in total. The first-order valence-corrected chi connectivity index (χ1v) is 11.3. The SMILES string of the molecule is CCOC(=O)c1c(S(=O)(=O)N2C[C@H](CC)Oc3ccc(Cl)cc32)c(C)n(C)c1C. The lowest BCUT2D eigenvalue weighted by Crippen LogP contribution is -2.43. The Morgan fingerprint density at radius 2 is 1.97 bits per heavy atom. The molecule has 0 aliphatic carbocycles. The Morgan fingerprint density at radius 3 is 2.59 bits per heavy atom. The van der Waals surface area contributed by atoms with Crippen LogP contribution in [0.4, 0.5) is 5.69 Å². The maximum atomic E-state index is 13.8. The van der Waals surface area contributed by atoms with Gasteiger partial charge in [0.25, 0.3) is 10.0 Å². The maximum absolute atomic E-state index is 13.8. The summed E-state index contributed by atoms with van der Waals surface area (Å²) in [5.41, 5.74) is 1.42. The lowest BCUT2D eigenvalue weighted by molar-refractivity contribution is 0.0521. The summed E-state index contributed by atoms with van der Waals surface area (Å²) in [5.74, 6) is -0.210. The molecule has 1 aromatic heterocycles. The predicted octanol–water partition coefficient (Wildman–Crippen LogP) is 3.84. The van der Waals surface area contributed by atoms with Gasteiger partial charge in [-0.05, 0) is 45.4 Å². The summed E-state index contributed by atoms with van der Waals surface area (Å²) in [6, 6.07) is 4.89. The van der Waals surface area contributed by atoms with Crippen LogP contribution in [0, 0.1) is 13.8 Å². The van der Waals surface area contributed by atoms with Gasteiger partial charge in [-0.15, -0.1) is 0 Å². The van der Waals surface area contributed by atoms with Gasteiger partial charge >= 0.3 is 5.97 Å². The van der Waals surface area contributed by atoms with E-state index in [-0.39, 0.29) is 29.7 Å². The van der Waals surface area contributed by atoms with E-state index in [9.17, 15) is 13.2 Å². The number of nitrogens with zero attached hydrogens (tertiary/aromatic N) is 2. The lowest BCUT2D eigenvalue weighted by atomic mass is 10.2. The Labute approximate surface area is 176 Å². The van der Waals surface area contributed by atoms with Gasteiger partial charge in [0.2, 0.25) is 0 Å². The first kappa shape index (κ1) is 21.5. The van der Waals surface area contributed by atoms with Gasteiger partial charge < -0.3 is 14.0 Å². The molecule has 0 bridgehead atoms. The van der Waals surface area contributed by atoms with E-state index in [4.69, 9.17) is 21.1 Å². The Bertz CT molecular complexity index is 1060. The quantitative estimate of drug-likeness (QED) is 0.660. The van der Waals surface area contributed by atoms with Gasteiger partial charge in [0.1, 0.15) is 22.3 Å². The molecule has 1 aliphatic heterocycles. The van der Waals surface area contributed by atoms with Crippen LogP contribution >= 0.6 is 11.6 Å². The fraction of sp³-hybridized carbons (Fsp3) is 0.450. The number of sulfonamides is 1. The minimum Gasteiger partial charge on any atom is -0.486 e. The molecule has 3 rings (SSSR count). The zero-order valence-corrected chi connectivity index (χ0v) is 18.7. The zero-order valence-electron chi connectivity index (χ0n) is 17.2.